The SMILES string of the molecule is C=C/C=C(\C=C/C)N1C(=C)/C=C\C=C/C(C)c2ccccc21. The summed E-state index contributed by atoms with van der Waals surface area (Å²) in [5.74, 6) is 0.338. The molecule has 1 heteroatoms. The lowest BCUT2D eigenvalue weighted by atomic mass is 9.97. The molecular weight excluding hydrogens is 266 g/mol. The van der Waals surface area contributed by atoms with E-state index in [4.69, 9.17) is 0 Å². The Hall–Kier alpha value is -2.54. The van der Waals surface area contributed by atoms with E-state index in [9.17, 15) is 0 Å². The molecule has 0 spiro atoms. The van der Waals surface area contributed by atoms with E-state index < -0.39 is 0 Å². The van der Waals surface area contributed by atoms with Crippen molar-refractivity contribution in [2.45, 2.75) is 19.8 Å². The molecule has 2 rings (SSSR count). The van der Waals surface area contributed by atoms with Gasteiger partial charge in [0.15, 0.2) is 0 Å². The zero-order chi connectivity index (χ0) is 15.9. The van der Waals surface area contributed by atoms with Gasteiger partial charge in [0.2, 0.25) is 0 Å². The maximum Gasteiger partial charge on any atom is 0.0499 e. The second-order valence-electron chi connectivity index (χ2n) is 5.25. The van der Waals surface area contributed by atoms with Crippen LogP contribution >= 0.6 is 0 Å². The van der Waals surface area contributed by atoms with Crippen LogP contribution in [0.1, 0.15) is 25.3 Å². The van der Waals surface area contributed by atoms with E-state index in [-0.39, 0.29) is 0 Å². The van der Waals surface area contributed by atoms with E-state index in [0.29, 0.717) is 5.92 Å². The van der Waals surface area contributed by atoms with Crippen molar-refractivity contribution >= 4 is 5.69 Å². The van der Waals surface area contributed by atoms with E-state index in [0.717, 1.165) is 17.1 Å². The van der Waals surface area contributed by atoms with Gasteiger partial charge in [0.1, 0.15) is 0 Å². The summed E-state index contributed by atoms with van der Waals surface area (Å²) < 4.78 is 0. The molecule has 1 nitrogen and oxygen atoms in total. The molecule has 0 saturated heterocycles. The number of rotatable bonds is 3. The summed E-state index contributed by atoms with van der Waals surface area (Å²) in [5.41, 5.74) is 4.41. The zero-order valence-electron chi connectivity index (χ0n) is 13.4. The molecule has 1 atom stereocenters. The Labute approximate surface area is 134 Å². The Morgan fingerprint density at radius 3 is 2.73 bits per heavy atom. The predicted octanol–water partition coefficient (Wildman–Crippen LogP) is 5.88. The fraction of sp³-hybridized carbons (Fsp3) is 0.143. The van der Waals surface area contributed by atoms with Gasteiger partial charge in [-0.25, -0.2) is 0 Å². The summed E-state index contributed by atoms with van der Waals surface area (Å²) in [4.78, 5) is 2.18. The van der Waals surface area contributed by atoms with E-state index >= 15 is 0 Å². The Balaban J connectivity index is 2.68. The molecule has 0 amide bonds. The van der Waals surface area contributed by atoms with Gasteiger partial charge in [-0.05, 0) is 36.8 Å². The molecule has 0 radical (unpaired) electrons. The quantitative estimate of drug-likeness (QED) is 0.628. The number of hydrogen-bond donors (Lipinski definition) is 0. The molecule has 0 saturated carbocycles. The van der Waals surface area contributed by atoms with Gasteiger partial charge in [-0.15, -0.1) is 0 Å². The van der Waals surface area contributed by atoms with Crippen LogP contribution in [0, 0.1) is 0 Å². The maximum absolute atomic E-state index is 4.24. The molecule has 1 heterocycles. The third kappa shape index (κ3) is 3.37. The summed E-state index contributed by atoms with van der Waals surface area (Å²) in [6.45, 7) is 12.3. The standard InChI is InChI=1S/C21H23N/c1-5-11-19(12-6-2)22-18(4)14-8-7-13-17(3)20-15-9-10-16-21(20)22/h5-17H,1,4H2,2-3H3/b12-6-,13-7-,14-8-,19-11+. The normalized spacial score (nSPS) is 21.7. The molecule has 1 aromatic carbocycles. The number of nitrogens with zero attached hydrogens (tertiary/aromatic N) is 1. The van der Waals surface area contributed by atoms with Crippen molar-refractivity contribution in [3.63, 3.8) is 0 Å². The van der Waals surface area contributed by atoms with Crippen molar-refractivity contribution in [1.29, 1.82) is 0 Å². The summed E-state index contributed by atoms with van der Waals surface area (Å²) in [6, 6.07) is 8.47. The molecule has 112 valence electrons. The van der Waals surface area contributed by atoms with Crippen LogP contribution < -0.4 is 4.90 Å². The first-order valence-electron chi connectivity index (χ1n) is 7.57. The third-order valence-electron chi connectivity index (χ3n) is 3.64. The van der Waals surface area contributed by atoms with Gasteiger partial charge < -0.3 is 4.90 Å². The smallest absolute Gasteiger partial charge is 0.0499 e. The number of fused-ring (bicyclic) bond motifs is 1. The lowest BCUT2D eigenvalue weighted by Crippen LogP contribution is -2.20. The van der Waals surface area contributed by atoms with Crippen molar-refractivity contribution in [1.82, 2.24) is 0 Å². The van der Waals surface area contributed by atoms with E-state index in [1.165, 1.54) is 5.56 Å². The number of hydrogen-bond acceptors (Lipinski definition) is 1. The minimum absolute atomic E-state index is 0.338. The maximum atomic E-state index is 4.24. The van der Waals surface area contributed by atoms with Gasteiger partial charge >= 0.3 is 0 Å². The van der Waals surface area contributed by atoms with Crippen LogP contribution in [-0.4, -0.2) is 0 Å². The van der Waals surface area contributed by atoms with Crippen molar-refractivity contribution in [2.75, 3.05) is 4.90 Å². The van der Waals surface area contributed by atoms with Gasteiger partial charge in [-0.3, -0.25) is 0 Å². The van der Waals surface area contributed by atoms with Crippen molar-refractivity contribution in [3.8, 4) is 0 Å². The van der Waals surface area contributed by atoms with Crippen molar-refractivity contribution < 1.29 is 0 Å². The summed E-state index contributed by atoms with van der Waals surface area (Å²) >= 11 is 0. The highest BCUT2D eigenvalue weighted by atomic mass is 15.2. The highest BCUT2D eigenvalue weighted by Gasteiger charge is 2.18. The zero-order valence-corrected chi connectivity index (χ0v) is 13.4. The average molecular weight is 289 g/mol. The number of anilines is 1. The van der Waals surface area contributed by atoms with Crippen LogP contribution in [-0.2, 0) is 0 Å². The minimum Gasteiger partial charge on any atom is -0.311 e. The van der Waals surface area contributed by atoms with Gasteiger partial charge in [0.25, 0.3) is 0 Å². The fourth-order valence-corrected chi connectivity index (χ4v) is 2.61. The van der Waals surface area contributed by atoms with Gasteiger partial charge in [0.05, 0.1) is 0 Å². The molecule has 0 aliphatic carbocycles. The van der Waals surface area contributed by atoms with Crippen LogP contribution in [0.25, 0.3) is 0 Å². The Morgan fingerprint density at radius 2 is 2.00 bits per heavy atom. The number of allylic oxidation sites excluding steroid dienone is 8. The number of para-hydroxylation sites is 1. The monoisotopic (exact) mass is 289 g/mol. The molecule has 0 N–H and O–H groups in total. The third-order valence-corrected chi connectivity index (χ3v) is 3.64. The van der Waals surface area contributed by atoms with Crippen LogP contribution in [0.4, 0.5) is 5.69 Å². The molecular formula is C21H23N. The van der Waals surface area contributed by atoms with E-state index in [2.05, 4.69) is 67.5 Å². The molecule has 22 heavy (non-hydrogen) atoms. The average Bonchev–Trinajstić information content (AvgIpc) is 2.57. The summed E-state index contributed by atoms with van der Waals surface area (Å²) in [5, 5.41) is 0. The molecule has 0 fully saturated rings. The topological polar surface area (TPSA) is 3.24 Å². The van der Waals surface area contributed by atoms with Crippen molar-refractivity contribution in [3.05, 3.63) is 103 Å². The first kappa shape index (κ1) is 15.8. The van der Waals surface area contributed by atoms with Crippen molar-refractivity contribution in [2.24, 2.45) is 0 Å². The van der Waals surface area contributed by atoms with Crippen LogP contribution in [0.2, 0.25) is 0 Å². The molecule has 1 aliphatic heterocycles. The van der Waals surface area contributed by atoms with Crippen LogP contribution in [0.3, 0.4) is 0 Å². The first-order chi connectivity index (χ1) is 10.7. The largest absolute Gasteiger partial charge is 0.311 e. The van der Waals surface area contributed by atoms with Gasteiger partial charge in [0, 0.05) is 23.0 Å². The second-order valence-corrected chi connectivity index (χ2v) is 5.25. The molecule has 1 aliphatic rings. The van der Waals surface area contributed by atoms with E-state index in [1.807, 2.05) is 37.3 Å². The lowest BCUT2D eigenvalue weighted by molar-refractivity contribution is 0.955. The fourth-order valence-electron chi connectivity index (χ4n) is 2.61. The number of benzene rings is 1. The second kappa shape index (κ2) is 7.46. The highest BCUT2D eigenvalue weighted by molar-refractivity contribution is 5.67. The lowest BCUT2D eigenvalue weighted by Gasteiger charge is -2.29. The van der Waals surface area contributed by atoms with Gasteiger partial charge in [-0.2, -0.15) is 0 Å². The summed E-state index contributed by atoms with van der Waals surface area (Å²) in [7, 11) is 0. The van der Waals surface area contributed by atoms with Gasteiger partial charge in [-0.1, -0.05) is 68.7 Å². The Morgan fingerprint density at radius 1 is 1.23 bits per heavy atom. The van der Waals surface area contributed by atoms with Crippen LogP contribution in [0.15, 0.2) is 97.4 Å². The predicted molar refractivity (Wildman–Crippen MR) is 97.9 cm³/mol. The Bertz CT molecular complexity index is 671. The summed E-state index contributed by atoms with van der Waals surface area (Å²) in [6.07, 6.45) is 16.3. The minimum atomic E-state index is 0.338. The molecule has 1 aromatic rings. The van der Waals surface area contributed by atoms with E-state index in [1.54, 1.807) is 0 Å². The first-order valence-corrected chi connectivity index (χ1v) is 7.57. The van der Waals surface area contributed by atoms with Crippen LogP contribution in [0.5, 0.6) is 0 Å². The Kier molecular flexibility index (Phi) is 5.37. The highest BCUT2D eigenvalue weighted by Crippen LogP contribution is 2.34. The molecule has 0 bridgehead atoms. The molecule has 0 aromatic heterocycles. The molecule has 1 unspecified atom stereocenters.